The molecule has 0 aliphatic rings. The van der Waals surface area contributed by atoms with Crippen molar-refractivity contribution in [1.29, 1.82) is 0 Å². The third kappa shape index (κ3) is 5.88. The standard InChI is InChI=1S/C25H22F4N6O3/c1-12-17(19-5-7-22-33-21(32-14(3)36)11-35(22)34-19)9-18(13(2)31-12)25(37)30-10-15-8-16(26)4-6-20(15)38-24(29)23(27)28/h4-9,11,23-24H,10H2,1-3H3,(H,30,37)(H,32,36). The topological polar surface area (TPSA) is 111 Å². The first-order chi connectivity index (χ1) is 18.0. The largest absolute Gasteiger partial charge is 0.454 e. The van der Waals surface area contributed by atoms with E-state index in [1.807, 2.05) is 0 Å². The normalized spacial score (nSPS) is 12.0. The molecule has 0 bridgehead atoms. The molecule has 38 heavy (non-hydrogen) atoms. The number of alkyl halides is 3. The smallest absolute Gasteiger partial charge is 0.304 e. The zero-order valence-electron chi connectivity index (χ0n) is 20.4. The van der Waals surface area contributed by atoms with E-state index < -0.39 is 24.5 Å². The molecule has 3 aromatic heterocycles. The maximum atomic E-state index is 13.8. The van der Waals surface area contributed by atoms with Gasteiger partial charge in [-0.2, -0.15) is 9.49 Å². The summed E-state index contributed by atoms with van der Waals surface area (Å²) in [6.07, 6.45) is -4.76. The Morgan fingerprint density at radius 3 is 2.53 bits per heavy atom. The second kappa shape index (κ2) is 10.8. The van der Waals surface area contributed by atoms with Crippen molar-refractivity contribution in [3.63, 3.8) is 0 Å². The second-order valence-electron chi connectivity index (χ2n) is 8.32. The molecule has 0 fully saturated rings. The number of fused-ring (bicyclic) bond motifs is 1. The van der Waals surface area contributed by atoms with Gasteiger partial charge in [0.2, 0.25) is 5.91 Å². The SMILES string of the molecule is CC(=O)Nc1cn2nc(-c3cc(C(=O)NCc4cc(F)ccc4OC(F)C(F)F)c(C)nc3C)ccc2n1. The van der Waals surface area contributed by atoms with Gasteiger partial charge < -0.3 is 15.4 Å². The average Bonchev–Trinajstić information content (AvgIpc) is 3.24. The van der Waals surface area contributed by atoms with Crippen LogP contribution < -0.4 is 15.4 Å². The predicted octanol–water partition coefficient (Wildman–Crippen LogP) is 4.38. The first kappa shape index (κ1) is 26.5. The number of hydrogen-bond acceptors (Lipinski definition) is 6. The Bertz CT molecular complexity index is 1520. The van der Waals surface area contributed by atoms with E-state index in [4.69, 9.17) is 0 Å². The number of carbonyl (C=O) groups excluding carboxylic acids is 2. The van der Waals surface area contributed by atoms with Crippen molar-refractivity contribution >= 4 is 23.3 Å². The molecular weight excluding hydrogens is 508 g/mol. The minimum Gasteiger partial charge on any atom is -0.454 e. The van der Waals surface area contributed by atoms with Gasteiger partial charge in [-0.25, -0.2) is 22.7 Å². The number of imidazole rings is 1. The van der Waals surface area contributed by atoms with E-state index in [0.29, 0.717) is 34.1 Å². The number of carbonyl (C=O) groups is 2. The van der Waals surface area contributed by atoms with Crippen LogP contribution >= 0.6 is 0 Å². The fourth-order valence-electron chi connectivity index (χ4n) is 3.73. The Morgan fingerprint density at radius 1 is 1.05 bits per heavy atom. The number of hydrogen-bond donors (Lipinski definition) is 2. The molecule has 0 aliphatic carbocycles. The number of amides is 2. The number of anilines is 1. The molecule has 0 spiro atoms. The van der Waals surface area contributed by atoms with Crippen LogP contribution in [0.3, 0.4) is 0 Å². The van der Waals surface area contributed by atoms with Crippen molar-refractivity contribution in [1.82, 2.24) is 24.9 Å². The highest BCUT2D eigenvalue weighted by molar-refractivity contribution is 5.96. The molecule has 0 aliphatic heterocycles. The van der Waals surface area contributed by atoms with Gasteiger partial charge >= 0.3 is 6.43 Å². The minimum absolute atomic E-state index is 0.0261. The van der Waals surface area contributed by atoms with E-state index in [1.54, 1.807) is 38.2 Å². The van der Waals surface area contributed by atoms with Gasteiger partial charge in [-0.15, -0.1) is 0 Å². The van der Waals surface area contributed by atoms with Crippen molar-refractivity contribution in [3.8, 4) is 17.0 Å². The Kier molecular flexibility index (Phi) is 7.55. The summed E-state index contributed by atoms with van der Waals surface area (Å²) >= 11 is 0. The van der Waals surface area contributed by atoms with Crippen LogP contribution in [0.4, 0.5) is 23.4 Å². The van der Waals surface area contributed by atoms with Gasteiger partial charge in [0.05, 0.1) is 23.1 Å². The van der Waals surface area contributed by atoms with E-state index >= 15 is 0 Å². The summed E-state index contributed by atoms with van der Waals surface area (Å²) in [7, 11) is 0. The van der Waals surface area contributed by atoms with Gasteiger partial charge in [0.1, 0.15) is 11.6 Å². The van der Waals surface area contributed by atoms with Gasteiger partial charge in [0.25, 0.3) is 12.3 Å². The summed E-state index contributed by atoms with van der Waals surface area (Å²) < 4.78 is 58.4. The number of pyridine rings is 1. The molecule has 4 aromatic rings. The van der Waals surface area contributed by atoms with E-state index in [0.717, 1.165) is 18.2 Å². The molecule has 198 valence electrons. The summed E-state index contributed by atoms with van der Waals surface area (Å²) in [5.74, 6) is -1.58. The molecule has 0 saturated heterocycles. The van der Waals surface area contributed by atoms with Crippen LogP contribution in [-0.2, 0) is 11.3 Å². The molecule has 0 saturated carbocycles. The first-order valence-electron chi connectivity index (χ1n) is 11.3. The van der Waals surface area contributed by atoms with Gasteiger partial charge in [0, 0.05) is 30.3 Å². The molecule has 2 amide bonds. The Labute approximate surface area is 213 Å². The highest BCUT2D eigenvalue weighted by Gasteiger charge is 2.23. The van der Waals surface area contributed by atoms with Crippen molar-refractivity contribution in [2.45, 2.75) is 40.1 Å². The highest BCUT2D eigenvalue weighted by Crippen LogP contribution is 2.26. The number of nitrogens with one attached hydrogen (secondary N) is 2. The lowest BCUT2D eigenvalue weighted by Gasteiger charge is -2.16. The van der Waals surface area contributed by atoms with Crippen LogP contribution in [0.25, 0.3) is 16.9 Å². The summed E-state index contributed by atoms with van der Waals surface area (Å²) in [5.41, 5.74) is 2.67. The zero-order valence-corrected chi connectivity index (χ0v) is 20.4. The molecule has 2 N–H and O–H groups in total. The van der Waals surface area contributed by atoms with Gasteiger partial charge in [-0.05, 0) is 50.2 Å². The molecule has 3 heterocycles. The van der Waals surface area contributed by atoms with Crippen molar-refractivity contribution in [2.24, 2.45) is 0 Å². The summed E-state index contributed by atoms with van der Waals surface area (Å²) in [6, 6.07) is 7.87. The van der Waals surface area contributed by atoms with E-state index in [9.17, 15) is 27.2 Å². The maximum Gasteiger partial charge on any atom is 0.304 e. The molecule has 1 atom stereocenters. The van der Waals surface area contributed by atoms with Crippen LogP contribution in [0, 0.1) is 19.7 Å². The van der Waals surface area contributed by atoms with E-state index in [-0.39, 0.29) is 29.3 Å². The zero-order chi connectivity index (χ0) is 27.6. The number of benzene rings is 1. The highest BCUT2D eigenvalue weighted by atomic mass is 19.3. The number of ether oxygens (including phenoxy) is 1. The Balaban J connectivity index is 1.59. The summed E-state index contributed by atoms with van der Waals surface area (Å²) in [6.45, 7) is 4.42. The lowest BCUT2D eigenvalue weighted by Crippen LogP contribution is -2.26. The molecule has 1 unspecified atom stereocenters. The monoisotopic (exact) mass is 530 g/mol. The lowest BCUT2D eigenvalue weighted by atomic mass is 10.0. The van der Waals surface area contributed by atoms with Crippen LogP contribution in [0.15, 0.2) is 42.6 Å². The minimum atomic E-state index is -3.39. The Hall–Kier alpha value is -4.55. The third-order valence-corrected chi connectivity index (χ3v) is 5.45. The molecule has 4 rings (SSSR count). The molecule has 13 heteroatoms. The fraction of sp³-hybridized carbons (Fsp3) is 0.240. The number of nitrogens with zero attached hydrogens (tertiary/aromatic N) is 4. The fourth-order valence-corrected chi connectivity index (χ4v) is 3.73. The lowest BCUT2D eigenvalue weighted by molar-refractivity contribution is -0.114. The summed E-state index contributed by atoms with van der Waals surface area (Å²) in [5, 5.41) is 9.64. The summed E-state index contributed by atoms with van der Waals surface area (Å²) in [4.78, 5) is 33.0. The van der Waals surface area contributed by atoms with Crippen LogP contribution in [0.5, 0.6) is 5.75 Å². The second-order valence-corrected chi connectivity index (χ2v) is 8.32. The first-order valence-corrected chi connectivity index (χ1v) is 11.3. The molecule has 9 nitrogen and oxygen atoms in total. The number of halogens is 4. The molecule has 1 aromatic carbocycles. The molecule has 0 radical (unpaired) electrons. The van der Waals surface area contributed by atoms with E-state index in [2.05, 4.69) is 30.4 Å². The quantitative estimate of drug-likeness (QED) is 0.327. The predicted molar refractivity (Wildman–Crippen MR) is 129 cm³/mol. The number of aromatic nitrogens is 4. The van der Waals surface area contributed by atoms with E-state index in [1.165, 1.54) is 11.4 Å². The third-order valence-electron chi connectivity index (χ3n) is 5.45. The maximum absolute atomic E-state index is 13.8. The van der Waals surface area contributed by atoms with Crippen LogP contribution in [0.2, 0.25) is 0 Å². The van der Waals surface area contributed by atoms with Crippen molar-refractivity contribution in [3.05, 3.63) is 70.9 Å². The van der Waals surface area contributed by atoms with Crippen LogP contribution in [-0.4, -0.2) is 44.2 Å². The average molecular weight is 530 g/mol. The van der Waals surface area contributed by atoms with Crippen molar-refractivity contribution < 1.29 is 31.9 Å². The molecular formula is C25H22F4N6O3. The van der Waals surface area contributed by atoms with Gasteiger partial charge in [-0.1, -0.05) is 0 Å². The number of rotatable bonds is 8. The van der Waals surface area contributed by atoms with Gasteiger partial charge in [-0.3, -0.25) is 14.6 Å². The number of aryl methyl sites for hydroxylation is 2. The van der Waals surface area contributed by atoms with Gasteiger partial charge in [0.15, 0.2) is 11.5 Å². The Morgan fingerprint density at radius 2 is 1.82 bits per heavy atom. The van der Waals surface area contributed by atoms with Crippen LogP contribution in [0.1, 0.15) is 34.2 Å². The van der Waals surface area contributed by atoms with Crippen molar-refractivity contribution in [2.75, 3.05) is 5.32 Å².